The first-order chi connectivity index (χ1) is 11.2. The lowest BCUT2D eigenvalue weighted by atomic mass is 10.2. The summed E-state index contributed by atoms with van der Waals surface area (Å²) < 4.78 is 9.76. The summed E-state index contributed by atoms with van der Waals surface area (Å²) in [6.45, 7) is 0.944. The molecular formula is C15H12N4O4. The van der Waals surface area contributed by atoms with Gasteiger partial charge in [0.25, 0.3) is 5.91 Å². The lowest BCUT2D eigenvalue weighted by Gasteiger charge is -2.27. The molecule has 2 aromatic heterocycles. The van der Waals surface area contributed by atoms with E-state index in [0.717, 1.165) is 0 Å². The third-order valence-electron chi connectivity index (χ3n) is 3.73. The molecule has 1 aromatic carbocycles. The van der Waals surface area contributed by atoms with Crippen LogP contribution in [0.2, 0.25) is 0 Å². The van der Waals surface area contributed by atoms with Crippen molar-refractivity contribution < 1.29 is 18.6 Å². The number of carbonyl (C=O) groups is 2. The molecular weight excluding hydrogens is 300 g/mol. The maximum Gasteiger partial charge on any atom is 0.308 e. The molecule has 8 heteroatoms. The summed E-state index contributed by atoms with van der Waals surface area (Å²) in [6.07, 6.45) is 2.15. The van der Waals surface area contributed by atoms with Crippen molar-refractivity contribution in [1.82, 2.24) is 20.3 Å². The second-order valence-electron chi connectivity index (χ2n) is 5.16. The molecule has 1 fully saturated rings. The van der Waals surface area contributed by atoms with Crippen molar-refractivity contribution in [3.8, 4) is 0 Å². The van der Waals surface area contributed by atoms with Crippen LogP contribution in [0.15, 0.2) is 45.6 Å². The standard InChI is InChI=1S/C15H12N4O4/c20-14(10-4-5-11-12(9-10)17-23-16-11)18-6-2-7-19(18)15(21)13-3-1-8-22-13/h1,3-5,8-9H,2,6-7H2. The average molecular weight is 312 g/mol. The predicted molar refractivity (Wildman–Crippen MR) is 77.2 cm³/mol. The molecule has 0 aliphatic carbocycles. The van der Waals surface area contributed by atoms with Gasteiger partial charge in [-0.2, -0.15) is 0 Å². The Labute approximate surface area is 130 Å². The van der Waals surface area contributed by atoms with E-state index in [1.807, 2.05) is 0 Å². The fourth-order valence-electron chi connectivity index (χ4n) is 2.63. The molecule has 1 aliphatic heterocycles. The SMILES string of the molecule is O=C(c1ccc2nonc2c1)N1CCCN1C(=O)c1ccco1. The number of benzene rings is 1. The number of carbonyl (C=O) groups excluding carboxylic acids is 2. The minimum Gasteiger partial charge on any atom is -0.459 e. The van der Waals surface area contributed by atoms with E-state index in [9.17, 15) is 9.59 Å². The molecule has 1 saturated heterocycles. The quantitative estimate of drug-likeness (QED) is 0.715. The first kappa shape index (κ1) is 13.5. The number of hydrogen-bond donors (Lipinski definition) is 0. The number of amides is 2. The highest BCUT2D eigenvalue weighted by Gasteiger charge is 2.33. The van der Waals surface area contributed by atoms with Gasteiger partial charge in [-0.3, -0.25) is 9.59 Å². The van der Waals surface area contributed by atoms with Crippen LogP contribution in [0.3, 0.4) is 0 Å². The van der Waals surface area contributed by atoms with Gasteiger partial charge < -0.3 is 4.42 Å². The summed E-state index contributed by atoms with van der Waals surface area (Å²) in [7, 11) is 0. The molecule has 3 heterocycles. The number of hydrogen-bond acceptors (Lipinski definition) is 6. The van der Waals surface area contributed by atoms with Crippen LogP contribution >= 0.6 is 0 Å². The first-order valence-electron chi connectivity index (χ1n) is 7.13. The topological polar surface area (TPSA) is 92.7 Å². The van der Waals surface area contributed by atoms with Crippen molar-refractivity contribution in [2.24, 2.45) is 0 Å². The molecule has 8 nitrogen and oxygen atoms in total. The maximum atomic E-state index is 12.7. The second kappa shape index (κ2) is 5.24. The van der Waals surface area contributed by atoms with Crippen LogP contribution < -0.4 is 0 Å². The Balaban J connectivity index is 1.62. The molecule has 0 N–H and O–H groups in total. The van der Waals surface area contributed by atoms with Crippen LogP contribution in [0.4, 0.5) is 0 Å². The molecule has 3 aromatic rings. The van der Waals surface area contributed by atoms with E-state index >= 15 is 0 Å². The van der Waals surface area contributed by atoms with Gasteiger partial charge in [-0.25, -0.2) is 14.6 Å². The van der Waals surface area contributed by atoms with Crippen molar-refractivity contribution in [2.75, 3.05) is 13.1 Å². The normalized spacial score (nSPS) is 14.6. The molecule has 0 unspecified atom stereocenters. The van der Waals surface area contributed by atoms with Crippen molar-refractivity contribution in [2.45, 2.75) is 6.42 Å². The van der Waals surface area contributed by atoms with Crippen molar-refractivity contribution in [3.63, 3.8) is 0 Å². The van der Waals surface area contributed by atoms with Crippen molar-refractivity contribution in [1.29, 1.82) is 0 Å². The van der Waals surface area contributed by atoms with Crippen LogP contribution in [0.25, 0.3) is 11.0 Å². The number of nitrogens with zero attached hydrogens (tertiary/aromatic N) is 4. The lowest BCUT2D eigenvalue weighted by molar-refractivity contribution is 0.0167. The Bertz CT molecular complexity index is 871. The zero-order valence-corrected chi connectivity index (χ0v) is 12.0. The summed E-state index contributed by atoms with van der Waals surface area (Å²) in [5.74, 6) is -0.391. The van der Waals surface area contributed by atoms with Crippen LogP contribution in [0.1, 0.15) is 27.3 Å². The molecule has 0 atom stereocenters. The molecule has 23 heavy (non-hydrogen) atoms. The molecule has 116 valence electrons. The lowest BCUT2D eigenvalue weighted by Crippen LogP contribution is -2.44. The number of fused-ring (bicyclic) bond motifs is 1. The van der Waals surface area contributed by atoms with Gasteiger partial charge >= 0.3 is 5.91 Å². The molecule has 0 radical (unpaired) electrons. The van der Waals surface area contributed by atoms with Gasteiger partial charge in [-0.1, -0.05) is 0 Å². The van der Waals surface area contributed by atoms with E-state index in [1.165, 1.54) is 16.3 Å². The van der Waals surface area contributed by atoms with Gasteiger partial charge in [-0.05, 0) is 47.1 Å². The summed E-state index contributed by atoms with van der Waals surface area (Å²) in [5.41, 5.74) is 1.50. The zero-order chi connectivity index (χ0) is 15.8. The van der Waals surface area contributed by atoms with Crippen molar-refractivity contribution >= 4 is 22.8 Å². The second-order valence-corrected chi connectivity index (χ2v) is 5.16. The summed E-state index contributed by atoms with van der Waals surface area (Å²) >= 11 is 0. The minimum atomic E-state index is -0.329. The average Bonchev–Trinajstić information content (AvgIpc) is 3.33. The first-order valence-corrected chi connectivity index (χ1v) is 7.13. The number of hydrazine groups is 1. The van der Waals surface area contributed by atoms with Gasteiger partial charge in [0.15, 0.2) is 5.76 Å². The maximum absolute atomic E-state index is 12.7. The predicted octanol–water partition coefficient (Wildman–Crippen LogP) is 1.72. The van der Waals surface area contributed by atoms with Crippen LogP contribution in [-0.2, 0) is 0 Å². The Morgan fingerprint density at radius 1 is 1.00 bits per heavy atom. The molecule has 2 amide bonds. The van der Waals surface area contributed by atoms with E-state index in [1.54, 1.807) is 30.3 Å². The number of rotatable bonds is 2. The summed E-state index contributed by atoms with van der Waals surface area (Å²) in [5, 5.41) is 10.3. The van der Waals surface area contributed by atoms with Crippen LogP contribution in [0.5, 0.6) is 0 Å². The minimum absolute atomic E-state index is 0.209. The Hall–Kier alpha value is -3.16. The highest BCUT2D eigenvalue weighted by Crippen LogP contribution is 2.20. The van der Waals surface area contributed by atoms with E-state index in [-0.39, 0.29) is 17.6 Å². The van der Waals surface area contributed by atoms with Gasteiger partial charge in [0, 0.05) is 18.7 Å². The molecule has 0 bridgehead atoms. The Morgan fingerprint density at radius 2 is 1.78 bits per heavy atom. The molecule has 0 spiro atoms. The van der Waals surface area contributed by atoms with E-state index in [4.69, 9.17) is 4.42 Å². The highest BCUT2D eigenvalue weighted by atomic mass is 16.6. The summed E-state index contributed by atoms with van der Waals surface area (Å²) in [4.78, 5) is 25.1. The van der Waals surface area contributed by atoms with Crippen LogP contribution in [-0.4, -0.2) is 45.2 Å². The number of furan rings is 1. The highest BCUT2D eigenvalue weighted by molar-refractivity contribution is 6.00. The Kier molecular flexibility index (Phi) is 3.07. The van der Waals surface area contributed by atoms with E-state index in [0.29, 0.717) is 36.1 Å². The van der Waals surface area contributed by atoms with Gasteiger partial charge in [0.1, 0.15) is 11.0 Å². The third kappa shape index (κ3) is 2.24. The third-order valence-corrected chi connectivity index (χ3v) is 3.73. The van der Waals surface area contributed by atoms with E-state index in [2.05, 4.69) is 14.9 Å². The molecule has 0 saturated carbocycles. The molecule has 4 rings (SSSR count). The van der Waals surface area contributed by atoms with E-state index < -0.39 is 0 Å². The zero-order valence-electron chi connectivity index (χ0n) is 12.0. The van der Waals surface area contributed by atoms with Gasteiger partial charge in [-0.15, -0.1) is 0 Å². The fourth-order valence-corrected chi connectivity index (χ4v) is 2.63. The monoisotopic (exact) mass is 312 g/mol. The van der Waals surface area contributed by atoms with Crippen molar-refractivity contribution in [3.05, 3.63) is 47.9 Å². The summed E-state index contributed by atoms with van der Waals surface area (Å²) in [6, 6.07) is 8.12. The fraction of sp³-hybridized carbons (Fsp3) is 0.200. The van der Waals surface area contributed by atoms with Crippen LogP contribution in [0, 0.1) is 0 Å². The van der Waals surface area contributed by atoms with Gasteiger partial charge in [0.05, 0.1) is 6.26 Å². The molecule has 1 aliphatic rings. The largest absolute Gasteiger partial charge is 0.459 e. The smallest absolute Gasteiger partial charge is 0.308 e. The Morgan fingerprint density at radius 3 is 2.57 bits per heavy atom. The number of aromatic nitrogens is 2. The van der Waals surface area contributed by atoms with Gasteiger partial charge in [0.2, 0.25) is 0 Å².